The summed E-state index contributed by atoms with van der Waals surface area (Å²) in [7, 11) is 1.34. The Hall–Kier alpha value is -1.01. The molecule has 0 fully saturated rings. The van der Waals surface area contributed by atoms with Crippen LogP contribution < -0.4 is 10.1 Å². The predicted octanol–water partition coefficient (Wildman–Crippen LogP) is 2.18. The fourth-order valence-corrected chi connectivity index (χ4v) is 1.77. The molecule has 0 spiro atoms. The molecule has 1 aliphatic rings. The van der Waals surface area contributed by atoms with Gasteiger partial charge in [-0.1, -0.05) is 0 Å². The molecular formula is C10H12ClF3N2O. The van der Waals surface area contributed by atoms with Crippen LogP contribution >= 0.6 is 12.4 Å². The molecule has 1 aliphatic heterocycles. The number of hydrogen-bond donors (Lipinski definition) is 1. The summed E-state index contributed by atoms with van der Waals surface area (Å²) in [6.07, 6.45) is -3.79. The minimum atomic E-state index is -4.43. The Morgan fingerprint density at radius 3 is 2.71 bits per heavy atom. The second-order valence-corrected chi connectivity index (χ2v) is 3.58. The van der Waals surface area contributed by atoms with Gasteiger partial charge in [0.2, 0.25) is 5.88 Å². The highest BCUT2D eigenvalue weighted by molar-refractivity contribution is 5.85. The largest absolute Gasteiger partial charge is 0.481 e. The fraction of sp³-hybridized carbons (Fsp3) is 0.500. The molecule has 1 aromatic heterocycles. The minimum absolute atomic E-state index is 0. The first kappa shape index (κ1) is 14.1. The van der Waals surface area contributed by atoms with Gasteiger partial charge in [-0.3, -0.25) is 0 Å². The minimum Gasteiger partial charge on any atom is -0.481 e. The summed E-state index contributed by atoms with van der Waals surface area (Å²) in [5.41, 5.74) is 0.492. The molecule has 2 rings (SSSR count). The molecule has 0 saturated heterocycles. The lowest BCUT2D eigenvalue weighted by Crippen LogP contribution is -2.25. The maximum absolute atomic E-state index is 12.5. The van der Waals surface area contributed by atoms with Crippen molar-refractivity contribution in [3.05, 3.63) is 22.9 Å². The molecule has 0 aromatic carbocycles. The highest BCUT2D eigenvalue weighted by Gasteiger charge is 2.34. The van der Waals surface area contributed by atoms with Gasteiger partial charge in [-0.15, -0.1) is 12.4 Å². The Bertz CT molecular complexity index is 392. The number of ether oxygens (including phenoxy) is 1. The van der Waals surface area contributed by atoms with Crippen LogP contribution in [-0.4, -0.2) is 18.6 Å². The quantitative estimate of drug-likeness (QED) is 0.848. The van der Waals surface area contributed by atoms with Crippen LogP contribution in [0.3, 0.4) is 0 Å². The number of fused-ring (bicyclic) bond motifs is 1. The van der Waals surface area contributed by atoms with Crippen LogP contribution in [0.5, 0.6) is 5.88 Å². The van der Waals surface area contributed by atoms with Gasteiger partial charge in [-0.05, 0) is 24.6 Å². The van der Waals surface area contributed by atoms with E-state index in [9.17, 15) is 13.2 Å². The smallest absolute Gasteiger partial charge is 0.433 e. The fourth-order valence-electron chi connectivity index (χ4n) is 1.77. The third-order valence-electron chi connectivity index (χ3n) is 2.53. The summed E-state index contributed by atoms with van der Waals surface area (Å²) < 4.78 is 42.5. The van der Waals surface area contributed by atoms with Crippen LogP contribution in [0.4, 0.5) is 13.2 Å². The second-order valence-electron chi connectivity index (χ2n) is 3.58. The van der Waals surface area contributed by atoms with Crippen molar-refractivity contribution >= 4 is 12.4 Å². The zero-order chi connectivity index (χ0) is 11.8. The van der Waals surface area contributed by atoms with Gasteiger partial charge in [0.25, 0.3) is 0 Å². The van der Waals surface area contributed by atoms with E-state index in [-0.39, 0.29) is 18.3 Å². The van der Waals surface area contributed by atoms with E-state index in [0.717, 1.165) is 18.2 Å². The van der Waals surface area contributed by atoms with Gasteiger partial charge in [0.15, 0.2) is 0 Å². The zero-order valence-corrected chi connectivity index (χ0v) is 9.91. The Morgan fingerprint density at radius 2 is 2.12 bits per heavy atom. The van der Waals surface area contributed by atoms with Gasteiger partial charge in [0.05, 0.1) is 7.11 Å². The van der Waals surface area contributed by atoms with Crippen LogP contribution in [0.1, 0.15) is 16.8 Å². The van der Waals surface area contributed by atoms with Crippen molar-refractivity contribution < 1.29 is 17.9 Å². The molecule has 3 nitrogen and oxygen atoms in total. The molecule has 0 saturated carbocycles. The monoisotopic (exact) mass is 268 g/mol. The summed E-state index contributed by atoms with van der Waals surface area (Å²) in [6.45, 7) is 1.16. The Balaban J connectivity index is 0.00000144. The predicted molar refractivity (Wildman–Crippen MR) is 58.4 cm³/mol. The van der Waals surface area contributed by atoms with Gasteiger partial charge in [0, 0.05) is 12.1 Å². The summed E-state index contributed by atoms with van der Waals surface area (Å²) in [5, 5.41) is 3.02. The van der Waals surface area contributed by atoms with E-state index in [1.807, 2.05) is 0 Å². The summed E-state index contributed by atoms with van der Waals surface area (Å²) >= 11 is 0. The molecule has 2 heterocycles. The number of rotatable bonds is 1. The van der Waals surface area contributed by atoms with Crippen molar-refractivity contribution in [2.45, 2.75) is 19.1 Å². The van der Waals surface area contributed by atoms with Crippen molar-refractivity contribution in [3.63, 3.8) is 0 Å². The number of alkyl halides is 3. The molecule has 0 bridgehead atoms. The van der Waals surface area contributed by atoms with Crippen molar-refractivity contribution in [1.29, 1.82) is 0 Å². The van der Waals surface area contributed by atoms with E-state index in [0.29, 0.717) is 18.5 Å². The van der Waals surface area contributed by atoms with Crippen LogP contribution in [0.15, 0.2) is 6.07 Å². The van der Waals surface area contributed by atoms with E-state index in [1.165, 1.54) is 7.11 Å². The number of halogens is 4. The zero-order valence-electron chi connectivity index (χ0n) is 9.10. The summed E-state index contributed by atoms with van der Waals surface area (Å²) in [5.74, 6) is 0.0892. The first-order chi connectivity index (χ1) is 7.52. The van der Waals surface area contributed by atoms with E-state index in [2.05, 4.69) is 10.3 Å². The lowest BCUT2D eigenvalue weighted by molar-refractivity contribution is -0.141. The molecular weight excluding hydrogens is 257 g/mol. The standard InChI is InChI=1S/C10H11F3N2O.ClH/c1-16-9-7-2-3-14-5-6(7)4-8(15-9)10(11,12)13;/h4,14H,2-3,5H2,1H3;1H. The molecule has 0 amide bonds. The molecule has 1 N–H and O–H groups in total. The molecule has 0 radical (unpaired) electrons. The van der Waals surface area contributed by atoms with Gasteiger partial charge >= 0.3 is 6.18 Å². The molecule has 0 aliphatic carbocycles. The first-order valence-electron chi connectivity index (χ1n) is 4.87. The average Bonchev–Trinajstić information content (AvgIpc) is 2.26. The second kappa shape index (κ2) is 5.10. The van der Waals surface area contributed by atoms with Crippen LogP contribution in [0, 0.1) is 0 Å². The average molecular weight is 269 g/mol. The highest BCUT2D eigenvalue weighted by atomic mass is 35.5. The topological polar surface area (TPSA) is 34.1 Å². The maximum Gasteiger partial charge on any atom is 0.433 e. The number of aromatic nitrogens is 1. The lowest BCUT2D eigenvalue weighted by Gasteiger charge is -2.20. The number of hydrogen-bond acceptors (Lipinski definition) is 3. The van der Waals surface area contributed by atoms with Crippen LogP contribution in [-0.2, 0) is 19.1 Å². The first-order valence-corrected chi connectivity index (χ1v) is 4.87. The number of methoxy groups -OCH3 is 1. The Kier molecular flexibility index (Phi) is 4.21. The van der Waals surface area contributed by atoms with Gasteiger partial charge in [-0.25, -0.2) is 4.98 Å². The highest BCUT2D eigenvalue weighted by Crippen LogP contribution is 2.33. The van der Waals surface area contributed by atoms with E-state index in [1.54, 1.807) is 0 Å². The van der Waals surface area contributed by atoms with Crippen molar-refractivity contribution in [2.24, 2.45) is 0 Å². The van der Waals surface area contributed by atoms with E-state index >= 15 is 0 Å². The van der Waals surface area contributed by atoms with E-state index in [4.69, 9.17) is 4.74 Å². The Labute approximate surface area is 103 Å². The Morgan fingerprint density at radius 1 is 1.41 bits per heavy atom. The molecule has 0 unspecified atom stereocenters. The number of nitrogens with zero attached hydrogens (tertiary/aromatic N) is 1. The number of pyridine rings is 1. The number of nitrogens with one attached hydrogen (secondary N) is 1. The maximum atomic E-state index is 12.5. The molecule has 17 heavy (non-hydrogen) atoms. The third kappa shape index (κ3) is 2.81. The molecule has 7 heteroatoms. The summed E-state index contributed by atoms with van der Waals surface area (Å²) in [6, 6.07) is 1.09. The molecule has 1 aromatic rings. The molecule has 0 atom stereocenters. The van der Waals surface area contributed by atoms with Crippen molar-refractivity contribution in [1.82, 2.24) is 10.3 Å². The van der Waals surface area contributed by atoms with Crippen LogP contribution in [0.2, 0.25) is 0 Å². The summed E-state index contributed by atoms with van der Waals surface area (Å²) in [4.78, 5) is 3.50. The van der Waals surface area contributed by atoms with Crippen molar-refractivity contribution in [2.75, 3.05) is 13.7 Å². The third-order valence-corrected chi connectivity index (χ3v) is 2.53. The van der Waals surface area contributed by atoms with Gasteiger partial charge in [-0.2, -0.15) is 13.2 Å². The lowest BCUT2D eigenvalue weighted by atomic mass is 10.0. The van der Waals surface area contributed by atoms with Gasteiger partial charge < -0.3 is 10.1 Å². The van der Waals surface area contributed by atoms with Crippen LogP contribution in [0.25, 0.3) is 0 Å². The normalized spacial score (nSPS) is 14.8. The van der Waals surface area contributed by atoms with E-state index < -0.39 is 11.9 Å². The van der Waals surface area contributed by atoms with Crippen molar-refractivity contribution in [3.8, 4) is 5.88 Å². The van der Waals surface area contributed by atoms with Gasteiger partial charge in [0.1, 0.15) is 5.69 Å². The molecule has 96 valence electrons. The SMILES string of the molecule is COc1nc(C(F)(F)F)cc2c1CCNC2.Cl.